The number of carbonyl (C=O) groups excluding carboxylic acids is 2. The van der Waals surface area contributed by atoms with E-state index in [1.807, 2.05) is 0 Å². The lowest BCUT2D eigenvalue weighted by atomic mass is 9.95. The van der Waals surface area contributed by atoms with Crippen LogP contribution in [0.15, 0.2) is 30.3 Å². The van der Waals surface area contributed by atoms with Crippen LogP contribution in [0.5, 0.6) is 0 Å². The predicted octanol–water partition coefficient (Wildman–Crippen LogP) is 3.97. The van der Waals surface area contributed by atoms with E-state index in [-0.39, 0.29) is 24.9 Å². The van der Waals surface area contributed by atoms with E-state index in [0.29, 0.717) is 34.8 Å². The summed E-state index contributed by atoms with van der Waals surface area (Å²) in [7, 11) is 0. The van der Waals surface area contributed by atoms with Gasteiger partial charge in [-0.3, -0.25) is 9.59 Å². The normalized spacial score (nSPS) is 19.0. The molecular weight excluding hydrogens is 430 g/mol. The Kier molecular flexibility index (Phi) is 5.85. The number of fused-ring (bicyclic) bond motifs is 2. The summed E-state index contributed by atoms with van der Waals surface area (Å²) in [6.07, 6.45) is 0.350. The summed E-state index contributed by atoms with van der Waals surface area (Å²) in [6.45, 7) is 2.28. The molecule has 2 heterocycles. The van der Waals surface area contributed by atoms with Gasteiger partial charge < -0.3 is 20.1 Å². The first-order valence-electron chi connectivity index (χ1n) is 9.97. The van der Waals surface area contributed by atoms with Gasteiger partial charge in [-0.1, -0.05) is 23.7 Å². The van der Waals surface area contributed by atoms with E-state index in [9.17, 15) is 18.4 Å². The number of hydrogen-bond donors (Lipinski definition) is 2. The molecule has 1 fully saturated rings. The van der Waals surface area contributed by atoms with Crippen LogP contribution in [0.3, 0.4) is 0 Å². The number of carbonyl (C=O) groups is 2. The van der Waals surface area contributed by atoms with Gasteiger partial charge in [-0.15, -0.1) is 0 Å². The van der Waals surface area contributed by atoms with Crippen molar-refractivity contribution in [3.05, 3.63) is 63.7 Å². The minimum atomic E-state index is -1.62. The minimum absolute atomic E-state index is 0.0650. The molecule has 4 rings (SSSR count). The highest BCUT2D eigenvalue weighted by Crippen LogP contribution is 2.41. The summed E-state index contributed by atoms with van der Waals surface area (Å²) >= 11 is 6.47. The lowest BCUT2D eigenvalue weighted by molar-refractivity contribution is -0.225. The van der Waals surface area contributed by atoms with Gasteiger partial charge in [0.2, 0.25) is 0 Å². The molecule has 164 valence electrons. The van der Waals surface area contributed by atoms with Gasteiger partial charge in [0, 0.05) is 11.1 Å². The van der Waals surface area contributed by atoms with E-state index in [4.69, 9.17) is 21.1 Å². The minimum Gasteiger partial charge on any atom is -0.416 e. The van der Waals surface area contributed by atoms with Crippen LogP contribution in [0.2, 0.25) is 5.02 Å². The summed E-state index contributed by atoms with van der Waals surface area (Å²) in [5.74, 6) is -4.58. The van der Waals surface area contributed by atoms with E-state index < -0.39 is 35.4 Å². The Bertz CT molecular complexity index is 1030. The fourth-order valence-electron chi connectivity index (χ4n) is 3.98. The second kappa shape index (κ2) is 8.43. The van der Waals surface area contributed by atoms with Crippen LogP contribution in [0.25, 0.3) is 0 Å². The van der Waals surface area contributed by atoms with Gasteiger partial charge >= 0.3 is 11.9 Å². The van der Waals surface area contributed by atoms with Gasteiger partial charge in [-0.2, -0.15) is 0 Å². The van der Waals surface area contributed by atoms with Crippen molar-refractivity contribution >= 4 is 29.2 Å². The molecule has 2 N–H and O–H groups in total. The Morgan fingerprint density at radius 1 is 1.10 bits per heavy atom. The molecule has 31 heavy (non-hydrogen) atoms. The van der Waals surface area contributed by atoms with E-state index in [2.05, 4.69) is 10.6 Å². The Morgan fingerprint density at radius 2 is 1.81 bits per heavy atom. The van der Waals surface area contributed by atoms with Gasteiger partial charge in [0.25, 0.3) is 5.79 Å². The second-order valence-electron chi connectivity index (χ2n) is 7.59. The number of esters is 2. The number of ether oxygens (including phenoxy) is 2. The highest BCUT2D eigenvalue weighted by molar-refractivity contribution is 6.33. The average molecular weight is 451 g/mol. The quantitative estimate of drug-likeness (QED) is 0.689. The van der Waals surface area contributed by atoms with E-state index in [1.54, 1.807) is 19.1 Å². The number of rotatable bonds is 3. The van der Waals surface area contributed by atoms with Gasteiger partial charge in [0.05, 0.1) is 36.1 Å². The summed E-state index contributed by atoms with van der Waals surface area (Å²) in [6, 6.07) is 6.61. The molecule has 2 aromatic carbocycles. The summed E-state index contributed by atoms with van der Waals surface area (Å²) in [5, 5.41) is 6.65. The van der Waals surface area contributed by atoms with Gasteiger partial charge in [-0.05, 0) is 43.7 Å². The molecule has 0 bridgehead atoms. The summed E-state index contributed by atoms with van der Waals surface area (Å²) < 4.78 is 39.2. The second-order valence-corrected chi connectivity index (χ2v) is 7.99. The van der Waals surface area contributed by atoms with Crippen molar-refractivity contribution in [1.29, 1.82) is 0 Å². The molecule has 0 radical (unpaired) electrons. The highest BCUT2D eigenvalue weighted by atomic mass is 35.5. The zero-order chi connectivity index (χ0) is 22.2. The standard InChI is InChI=1S/C22H21ClF2N2O4/c1-12(13-3-2-4-17(24)20(13)25)27-21-14-9-10-26-11-22(15(14)5-6-16(21)23)30-18(28)7-8-19(29)31-22/h2-6,12,26-27H,7-11H2,1H3. The van der Waals surface area contributed by atoms with Crippen LogP contribution in [0, 0.1) is 11.6 Å². The smallest absolute Gasteiger partial charge is 0.309 e. The fourth-order valence-corrected chi connectivity index (χ4v) is 4.21. The Labute approximate surface area is 182 Å². The van der Waals surface area contributed by atoms with Crippen LogP contribution < -0.4 is 10.6 Å². The Balaban J connectivity index is 1.78. The van der Waals surface area contributed by atoms with Crippen molar-refractivity contribution in [3.63, 3.8) is 0 Å². The number of hydrogen-bond acceptors (Lipinski definition) is 6. The molecular formula is C22H21ClF2N2O4. The molecule has 2 aliphatic heterocycles. The molecule has 2 aliphatic rings. The third-order valence-corrected chi connectivity index (χ3v) is 5.80. The van der Waals surface area contributed by atoms with Crippen molar-refractivity contribution in [2.45, 2.75) is 38.0 Å². The number of anilines is 1. The van der Waals surface area contributed by atoms with Crippen LogP contribution >= 0.6 is 11.6 Å². The van der Waals surface area contributed by atoms with Gasteiger partial charge in [-0.25, -0.2) is 8.78 Å². The van der Waals surface area contributed by atoms with Crippen molar-refractivity contribution in [3.8, 4) is 0 Å². The molecule has 9 heteroatoms. The molecule has 1 spiro atoms. The maximum absolute atomic E-state index is 14.3. The fraction of sp³-hybridized carbons (Fsp3) is 0.364. The van der Waals surface area contributed by atoms with Crippen LogP contribution in [0.4, 0.5) is 14.5 Å². The van der Waals surface area contributed by atoms with Crippen molar-refractivity contribution in [2.24, 2.45) is 0 Å². The molecule has 1 unspecified atom stereocenters. The zero-order valence-corrected chi connectivity index (χ0v) is 17.5. The first-order valence-corrected chi connectivity index (χ1v) is 10.4. The van der Waals surface area contributed by atoms with Gasteiger partial charge in [0.15, 0.2) is 11.6 Å². The monoisotopic (exact) mass is 450 g/mol. The first-order chi connectivity index (χ1) is 14.8. The van der Waals surface area contributed by atoms with Crippen molar-refractivity contribution in [2.75, 3.05) is 18.4 Å². The Hall–Kier alpha value is -2.71. The summed E-state index contributed by atoms with van der Waals surface area (Å²) in [5.41, 5.74) is 1.78. The Morgan fingerprint density at radius 3 is 2.52 bits per heavy atom. The largest absolute Gasteiger partial charge is 0.416 e. The van der Waals surface area contributed by atoms with Crippen molar-refractivity contribution < 1.29 is 27.8 Å². The van der Waals surface area contributed by atoms with Crippen molar-refractivity contribution in [1.82, 2.24) is 5.32 Å². The summed E-state index contributed by atoms with van der Waals surface area (Å²) in [4.78, 5) is 24.4. The SMILES string of the molecule is CC(Nc1c(Cl)ccc2c1CCNCC21OC(=O)CCC(=O)O1)c1cccc(F)c1F. The van der Waals surface area contributed by atoms with Crippen LogP contribution in [0.1, 0.15) is 42.5 Å². The average Bonchev–Trinajstić information content (AvgIpc) is 2.99. The number of halogens is 3. The molecule has 0 amide bonds. The molecule has 0 saturated carbocycles. The number of nitrogens with one attached hydrogen (secondary N) is 2. The zero-order valence-electron chi connectivity index (χ0n) is 16.8. The van der Waals surface area contributed by atoms with E-state index >= 15 is 0 Å². The molecule has 1 atom stereocenters. The maximum atomic E-state index is 14.3. The van der Waals surface area contributed by atoms with E-state index in [0.717, 1.165) is 6.07 Å². The molecule has 2 aromatic rings. The van der Waals surface area contributed by atoms with Crippen LogP contribution in [-0.2, 0) is 31.3 Å². The maximum Gasteiger partial charge on any atom is 0.309 e. The van der Waals surface area contributed by atoms with Gasteiger partial charge in [0.1, 0.15) is 0 Å². The third-order valence-electron chi connectivity index (χ3n) is 5.48. The topological polar surface area (TPSA) is 76.7 Å². The first kappa shape index (κ1) is 21.5. The number of benzene rings is 2. The lowest BCUT2D eigenvalue weighted by Crippen LogP contribution is -2.43. The molecule has 1 saturated heterocycles. The molecule has 0 aliphatic carbocycles. The molecule has 6 nitrogen and oxygen atoms in total. The third kappa shape index (κ3) is 4.09. The highest BCUT2D eigenvalue weighted by Gasteiger charge is 2.46. The lowest BCUT2D eigenvalue weighted by Gasteiger charge is -2.32. The van der Waals surface area contributed by atoms with Crippen LogP contribution in [-0.4, -0.2) is 25.0 Å². The molecule has 0 aromatic heterocycles. The predicted molar refractivity (Wildman–Crippen MR) is 110 cm³/mol. The van der Waals surface area contributed by atoms with E-state index in [1.165, 1.54) is 12.1 Å².